The van der Waals surface area contributed by atoms with Crippen molar-refractivity contribution < 1.29 is 14.3 Å². The predicted octanol–water partition coefficient (Wildman–Crippen LogP) is 1.86. The van der Waals surface area contributed by atoms with E-state index in [9.17, 15) is 4.79 Å². The van der Waals surface area contributed by atoms with Crippen molar-refractivity contribution in [3.05, 3.63) is 0 Å². The smallest absolute Gasteiger partial charge is 0.304 e. The average molecular weight is 172 g/mol. The number of carbonyl (C=O) groups excluding carboxylic acids is 1. The lowest BCUT2D eigenvalue weighted by Crippen LogP contribution is -2.21. The number of hydrogen-bond acceptors (Lipinski definition) is 3. The van der Waals surface area contributed by atoms with Crippen LogP contribution in [0.3, 0.4) is 0 Å². The van der Waals surface area contributed by atoms with Crippen LogP contribution in [0.15, 0.2) is 0 Å². The predicted molar refractivity (Wildman–Crippen MR) is 44.6 cm³/mol. The lowest BCUT2D eigenvalue weighted by atomic mass is 10.1. The minimum Gasteiger partial charge on any atom is -0.436 e. The third-order valence-electron chi connectivity index (χ3n) is 1.94. The van der Waals surface area contributed by atoms with E-state index < -0.39 is 0 Å². The van der Waals surface area contributed by atoms with Crippen LogP contribution in [-0.2, 0) is 14.3 Å². The molecule has 1 aliphatic heterocycles. The average Bonchev–Trinajstić information content (AvgIpc) is 1.93. The zero-order valence-corrected chi connectivity index (χ0v) is 7.54. The molecule has 1 fully saturated rings. The molecule has 0 aromatic carbocycles. The fraction of sp³-hybridized carbons (Fsp3) is 0.889. The number of carbonyl (C=O) groups is 1. The van der Waals surface area contributed by atoms with Crippen molar-refractivity contribution >= 4 is 5.97 Å². The summed E-state index contributed by atoms with van der Waals surface area (Å²) >= 11 is 0. The van der Waals surface area contributed by atoms with Crippen LogP contribution in [0.5, 0.6) is 0 Å². The first-order valence-electron chi connectivity index (χ1n) is 4.58. The maximum atomic E-state index is 10.6. The van der Waals surface area contributed by atoms with Gasteiger partial charge in [0.25, 0.3) is 0 Å². The van der Waals surface area contributed by atoms with E-state index in [0.717, 1.165) is 25.9 Å². The van der Waals surface area contributed by atoms with Crippen molar-refractivity contribution in [2.45, 2.75) is 45.3 Å². The van der Waals surface area contributed by atoms with Crippen LogP contribution < -0.4 is 0 Å². The normalized spacial score (nSPS) is 25.6. The Kier molecular flexibility index (Phi) is 4.08. The zero-order chi connectivity index (χ0) is 8.81. The largest absolute Gasteiger partial charge is 0.436 e. The quantitative estimate of drug-likeness (QED) is 0.566. The van der Waals surface area contributed by atoms with E-state index in [0.29, 0.717) is 0 Å². The summed E-state index contributed by atoms with van der Waals surface area (Å²) in [6.07, 6.45) is 5.19. The highest BCUT2D eigenvalue weighted by atomic mass is 16.7. The minimum absolute atomic E-state index is 0.249. The minimum atomic E-state index is -0.289. The van der Waals surface area contributed by atoms with Gasteiger partial charge in [0, 0.05) is 13.3 Å². The number of esters is 1. The molecule has 0 aromatic rings. The van der Waals surface area contributed by atoms with E-state index in [1.54, 1.807) is 0 Å². The first-order valence-corrected chi connectivity index (χ1v) is 4.58. The summed E-state index contributed by atoms with van der Waals surface area (Å²) in [5.41, 5.74) is 0. The third kappa shape index (κ3) is 3.72. The lowest BCUT2D eigenvalue weighted by molar-refractivity contribution is -0.179. The molecule has 3 nitrogen and oxygen atoms in total. The topological polar surface area (TPSA) is 35.5 Å². The molecule has 1 saturated heterocycles. The summed E-state index contributed by atoms with van der Waals surface area (Å²) in [4.78, 5) is 10.6. The van der Waals surface area contributed by atoms with Gasteiger partial charge in [-0.2, -0.15) is 0 Å². The molecule has 12 heavy (non-hydrogen) atoms. The molecule has 0 saturated carbocycles. The van der Waals surface area contributed by atoms with Gasteiger partial charge in [-0.15, -0.1) is 0 Å². The van der Waals surface area contributed by atoms with Crippen LogP contribution in [0.4, 0.5) is 0 Å². The Morgan fingerprint density at radius 2 is 2.08 bits per heavy atom. The molecule has 0 radical (unpaired) electrons. The number of hydrogen-bond donors (Lipinski definition) is 0. The van der Waals surface area contributed by atoms with E-state index >= 15 is 0 Å². The highest BCUT2D eigenvalue weighted by Gasteiger charge is 2.13. The molecule has 0 aromatic heterocycles. The van der Waals surface area contributed by atoms with Gasteiger partial charge in [0.1, 0.15) is 0 Å². The summed E-state index contributed by atoms with van der Waals surface area (Å²) in [5.74, 6) is -0.249. The standard InChI is InChI=1S/C9H16O3/c1-8(10)12-9-6-4-2-3-5-7-11-9/h9H,2-7H2,1H3/t9-/m0/s1. The van der Waals surface area contributed by atoms with Crippen molar-refractivity contribution in [3.8, 4) is 0 Å². The zero-order valence-electron chi connectivity index (χ0n) is 7.54. The number of ether oxygens (including phenoxy) is 2. The van der Waals surface area contributed by atoms with Gasteiger partial charge >= 0.3 is 5.97 Å². The van der Waals surface area contributed by atoms with E-state index in [1.165, 1.54) is 19.8 Å². The van der Waals surface area contributed by atoms with Crippen molar-refractivity contribution in [2.24, 2.45) is 0 Å². The maximum Gasteiger partial charge on any atom is 0.304 e. The Morgan fingerprint density at radius 3 is 2.83 bits per heavy atom. The van der Waals surface area contributed by atoms with E-state index in [4.69, 9.17) is 9.47 Å². The second-order valence-corrected chi connectivity index (χ2v) is 3.11. The van der Waals surface area contributed by atoms with Gasteiger partial charge in [0.05, 0.1) is 6.61 Å². The van der Waals surface area contributed by atoms with Crippen LogP contribution in [0, 0.1) is 0 Å². The van der Waals surface area contributed by atoms with Crippen LogP contribution >= 0.6 is 0 Å². The van der Waals surface area contributed by atoms with Gasteiger partial charge in [0.2, 0.25) is 6.29 Å². The summed E-state index contributed by atoms with van der Waals surface area (Å²) in [6.45, 7) is 2.14. The molecule has 0 N–H and O–H groups in total. The Bertz CT molecular complexity index is 137. The molecule has 0 bridgehead atoms. The first kappa shape index (κ1) is 9.52. The van der Waals surface area contributed by atoms with Crippen LogP contribution in [0.1, 0.15) is 39.0 Å². The van der Waals surface area contributed by atoms with Crippen molar-refractivity contribution in [1.29, 1.82) is 0 Å². The first-order chi connectivity index (χ1) is 5.79. The van der Waals surface area contributed by atoms with Crippen LogP contribution in [0.2, 0.25) is 0 Å². The Balaban J connectivity index is 2.24. The Hall–Kier alpha value is -0.570. The summed E-state index contributed by atoms with van der Waals surface area (Å²) in [6, 6.07) is 0. The molecule has 1 atom stereocenters. The molecular formula is C9H16O3. The van der Waals surface area contributed by atoms with Gasteiger partial charge < -0.3 is 9.47 Å². The second kappa shape index (κ2) is 5.14. The molecule has 1 heterocycles. The summed E-state index contributed by atoms with van der Waals surface area (Å²) < 4.78 is 10.3. The maximum absolute atomic E-state index is 10.6. The Morgan fingerprint density at radius 1 is 1.33 bits per heavy atom. The molecule has 3 heteroatoms. The highest BCUT2D eigenvalue weighted by molar-refractivity contribution is 5.66. The monoisotopic (exact) mass is 172 g/mol. The van der Waals surface area contributed by atoms with Gasteiger partial charge in [-0.3, -0.25) is 4.79 Å². The van der Waals surface area contributed by atoms with Gasteiger partial charge in [-0.1, -0.05) is 12.8 Å². The van der Waals surface area contributed by atoms with Crippen molar-refractivity contribution in [2.75, 3.05) is 6.61 Å². The molecule has 0 unspecified atom stereocenters. The molecule has 1 rings (SSSR count). The van der Waals surface area contributed by atoms with Gasteiger partial charge in [-0.05, 0) is 12.8 Å². The van der Waals surface area contributed by atoms with Crippen LogP contribution in [0.25, 0.3) is 0 Å². The van der Waals surface area contributed by atoms with E-state index in [1.807, 2.05) is 0 Å². The highest BCUT2D eigenvalue weighted by Crippen LogP contribution is 2.14. The molecule has 0 amide bonds. The fourth-order valence-corrected chi connectivity index (χ4v) is 1.34. The van der Waals surface area contributed by atoms with Crippen molar-refractivity contribution in [3.63, 3.8) is 0 Å². The van der Waals surface area contributed by atoms with Crippen molar-refractivity contribution in [1.82, 2.24) is 0 Å². The molecular weight excluding hydrogens is 156 g/mol. The Labute approximate surface area is 73.0 Å². The van der Waals surface area contributed by atoms with Crippen LogP contribution in [-0.4, -0.2) is 18.9 Å². The molecule has 0 aliphatic carbocycles. The molecule has 70 valence electrons. The van der Waals surface area contributed by atoms with Gasteiger partial charge in [0.15, 0.2) is 0 Å². The SMILES string of the molecule is CC(=O)O[C@H]1CCCCCCO1. The number of rotatable bonds is 1. The fourth-order valence-electron chi connectivity index (χ4n) is 1.34. The van der Waals surface area contributed by atoms with E-state index in [-0.39, 0.29) is 12.3 Å². The summed E-state index contributed by atoms with van der Waals surface area (Å²) in [5, 5.41) is 0. The lowest BCUT2D eigenvalue weighted by Gasteiger charge is -2.19. The van der Waals surface area contributed by atoms with Gasteiger partial charge in [-0.25, -0.2) is 0 Å². The summed E-state index contributed by atoms with van der Waals surface area (Å²) in [7, 11) is 0. The molecule has 1 aliphatic rings. The molecule has 0 spiro atoms. The third-order valence-corrected chi connectivity index (χ3v) is 1.94. The van der Waals surface area contributed by atoms with E-state index in [2.05, 4.69) is 0 Å². The second-order valence-electron chi connectivity index (χ2n) is 3.11.